The number of ether oxygens (including phenoxy) is 1. The fourth-order valence-electron chi connectivity index (χ4n) is 6.14. The first kappa shape index (κ1) is 19.9. The van der Waals surface area contributed by atoms with Gasteiger partial charge in [0.05, 0.1) is 13.2 Å². The van der Waals surface area contributed by atoms with Gasteiger partial charge in [0.1, 0.15) is 0 Å². The van der Waals surface area contributed by atoms with Gasteiger partial charge in [0.15, 0.2) is 0 Å². The molecule has 2 saturated heterocycles. The van der Waals surface area contributed by atoms with Crippen molar-refractivity contribution in [1.29, 1.82) is 0 Å². The summed E-state index contributed by atoms with van der Waals surface area (Å²) in [6, 6.07) is 8.32. The summed E-state index contributed by atoms with van der Waals surface area (Å²) < 4.78 is 5.53. The number of hydrogen-bond donors (Lipinski definition) is 0. The molecule has 0 spiro atoms. The molecular weight excluding hydrogens is 348 g/mol. The number of benzene rings is 1. The van der Waals surface area contributed by atoms with Gasteiger partial charge in [-0.05, 0) is 47.8 Å². The van der Waals surface area contributed by atoms with Crippen LogP contribution in [0.2, 0.25) is 0 Å². The Labute approximate surface area is 170 Å². The number of carbonyl (C=O) groups excluding carboxylic acids is 1. The van der Waals surface area contributed by atoms with E-state index in [1.165, 1.54) is 12.0 Å². The third kappa shape index (κ3) is 3.73. The molecule has 0 radical (unpaired) electrons. The topological polar surface area (TPSA) is 32.8 Å². The van der Waals surface area contributed by atoms with Crippen LogP contribution in [0.15, 0.2) is 24.3 Å². The maximum atomic E-state index is 13.2. The summed E-state index contributed by atoms with van der Waals surface area (Å²) in [5, 5.41) is 0. The first-order valence-corrected chi connectivity index (χ1v) is 11.0. The largest absolute Gasteiger partial charge is 0.379 e. The quantitative estimate of drug-likeness (QED) is 0.776. The summed E-state index contributed by atoms with van der Waals surface area (Å²) in [6.07, 6.45) is 2.29. The molecule has 4 heteroatoms. The molecule has 3 fully saturated rings. The van der Waals surface area contributed by atoms with Crippen molar-refractivity contribution in [2.45, 2.75) is 40.5 Å². The average molecular weight is 385 g/mol. The van der Waals surface area contributed by atoms with E-state index in [1.54, 1.807) is 0 Å². The van der Waals surface area contributed by atoms with Crippen LogP contribution >= 0.6 is 0 Å². The van der Waals surface area contributed by atoms with Gasteiger partial charge in [0.2, 0.25) is 0 Å². The maximum Gasteiger partial charge on any atom is 0.253 e. The summed E-state index contributed by atoms with van der Waals surface area (Å²) >= 11 is 0. The number of fused-ring (bicyclic) bond motifs is 1. The lowest BCUT2D eigenvalue weighted by Gasteiger charge is -2.58. The average Bonchev–Trinajstić information content (AvgIpc) is 2.96. The van der Waals surface area contributed by atoms with E-state index in [2.05, 4.69) is 49.6 Å². The zero-order chi connectivity index (χ0) is 19.9. The van der Waals surface area contributed by atoms with Crippen molar-refractivity contribution < 1.29 is 9.53 Å². The molecule has 0 aromatic heterocycles. The predicted octanol–water partition coefficient (Wildman–Crippen LogP) is 3.71. The second kappa shape index (κ2) is 7.46. The number of nitrogens with zero attached hydrogens (tertiary/aromatic N) is 2. The Kier molecular flexibility index (Phi) is 5.30. The highest BCUT2D eigenvalue weighted by atomic mass is 16.5. The molecule has 4 rings (SSSR count). The van der Waals surface area contributed by atoms with Crippen molar-refractivity contribution in [2.24, 2.45) is 22.7 Å². The van der Waals surface area contributed by atoms with E-state index in [-0.39, 0.29) is 11.3 Å². The van der Waals surface area contributed by atoms with Crippen LogP contribution in [0.5, 0.6) is 0 Å². The third-order valence-corrected chi connectivity index (χ3v) is 7.17. The van der Waals surface area contributed by atoms with Gasteiger partial charge in [0.25, 0.3) is 5.91 Å². The first-order valence-electron chi connectivity index (χ1n) is 11.0. The minimum Gasteiger partial charge on any atom is -0.379 e. The zero-order valence-electron chi connectivity index (χ0n) is 18.0. The van der Waals surface area contributed by atoms with Crippen LogP contribution in [0, 0.1) is 22.7 Å². The van der Waals surface area contributed by atoms with Gasteiger partial charge in [-0.3, -0.25) is 9.69 Å². The minimum atomic E-state index is 0.211. The van der Waals surface area contributed by atoms with Crippen LogP contribution < -0.4 is 0 Å². The van der Waals surface area contributed by atoms with Gasteiger partial charge in [-0.1, -0.05) is 39.8 Å². The fraction of sp³-hybridized carbons (Fsp3) is 0.708. The van der Waals surface area contributed by atoms with Crippen LogP contribution in [-0.2, 0) is 11.2 Å². The first-order chi connectivity index (χ1) is 13.3. The monoisotopic (exact) mass is 384 g/mol. The molecule has 1 aromatic carbocycles. The van der Waals surface area contributed by atoms with E-state index < -0.39 is 0 Å². The molecule has 154 valence electrons. The highest BCUT2D eigenvalue weighted by Gasteiger charge is 2.63. The van der Waals surface area contributed by atoms with Crippen LogP contribution in [0.3, 0.4) is 0 Å². The molecule has 1 amide bonds. The van der Waals surface area contributed by atoms with E-state index in [0.29, 0.717) is 17.3 Å². The number of hydrogen-bond acceptors (Lipinski definition) is 3. The zero-order valence-corrected chi connectivity index (χ0v) is 18.0. The molecule has 28 heavy (non-hydrogen) atoms. The highest BCUT2D eigenvalue weighted by molar-refractivity contribution is 5.94. The Balaban J connectivity index is 1.46. The number of carbonyl (C=O) groups is 1. The van der Waals surface area contributed by atoms with Crippen molar-refractivity contribution in [1.82, 2.24) is 9.80 Å². The molecule has 2 heterocycles. The third-order valence-electron chi connectivity index (χ3n) is 7.17. The molecule has 2 aliphatic heterocycles. The van der Waals surface area contributed by atoms with Crippen molar-refractivity contribution in [3.63, 3.8) is 0 Å². The molecule has 0 bridgehead atoms. The van der Waals surface area contributed by atoms with Crippen molar-refractivity contribution in [2.75, 3.05) is 45.9 Å². The molecule has 2 atom stereocenters. The second-order valence-corrected chi connectivity index (χ2v) is 10.4. The molecule has 3 aliphatic rings. The van der Waals surface area contributed by atoms with Crippen LogP contribution in [-0.4, -0.2) is 61.6 Å². The minimum absolute atomic E-state index is 0.211. The van der Waals surface area contributed by atoms with E-state index in [1.807, 2.05) is 12.1 Å². The molecule has 1 aliphatic carbocycles. The van der Waals surface area contributed by atoms with Crippen molar-refractivity contribution in [3.05, 3.63) is 35.4 Å². The molecule has 0 unspecified atom stereocenters. The number of likely N-dealkylation sites (tertiary alicyclic amines) is 1. The lowest BCUT2D eigenvalue weighted by molar-refractivity contribution is -0.0966. The number of amides is 1. The van der Waals surface area contributed by atoms with Crippen LogP contribution in [0.1, 0.15) is 50.0 Å². The Hall–Kier alpha value is -1.39. The van der Waals surface area contributed by atoms with Crippen LogP contribution in [0.25, 0.3) is 0 Å². The SMILES string of the molecule is CC(C)Cc1ccc(C(=O)N2C[C@@H]3C(C)(C)C[C@]3(CN3CCOCC3)C2)cc1. The Morgan fingerprint density at radius 3 is 2.46 bits per heavy atom. The molecular formula is C24H36N2O2. The standard InChI is InChI=1S/C24H36N2O2/c1-18(2)13-19-5-7-20(8-6-19)22(27)26-14-21-23(3,4)15-24(21,17-26)16-25-9-11-28-12-10-25/h5-8,18,21H,9-17H2,1-4H3/t21-,24+/m1/s1. The smallest absolute Gasteiger partial charge is 0.253 e. The Bertz CT molecular complexity index is 706. The number of rotatable bonds is 5. The lowest BCUT2D eigenvalue weighted by atomic mass is 9.48. The van der Waals surface area contributed by atoms with Crippen LogP contribution in [0.4, 0.5) is 0 Å². The summed E-state index contributed by atoms with van der Waals surface area (Å²) in [5.74, 6) is 1.45. The second-order valence-electron chi connectivity index (χ2n) is 10.4. The van der Waals surface area contributed by atoms with E-state index >= 15 is 0 Å². The molecule has 1 saturated carbocycles. The van der Waals surface area contributed by atoms with Gasteiger partial charge in [-0.25, -0.2) is 0 Å². The molecule has 1 aromatic rings. The van der Waals surface area contributed by atoms with Gasteiger partial charge < -0.3 is 9.64 Å². The Morgan fingerprint density at radius 2 is 1.86 bits per heavy atom. The normalized spacial score (nSPS) is 29.6. The fourth-order valence-corrected chi connectivity index (χ4v) is 6.14. The van der Waals surface area contributed by atoms with E-state index in [4.69, 9.17) is 4.74 Å². The van der Waals surface area contributed by atoms with Gasteiger partial charge in [0, 0.05) is 43.7 Å². The van der Waals surface area contributed by atoms with Gasteiger partial charge >= 0.3 is 0 Å². The maximum absolute atomic E-state index is 13.2. The summed E-state index contributed by atoms with van der Waals surface area (Å²) in [7, 11) is 0. The highest BCUT2D eigenvalue weighted by Crippen LogP contribution is 2.63. The van der Waals surface area contributed by atoms with E-state index in [9.17, 15) is 4.79 Å². The van der Waals surface area contributed by atoms with Gasteiger partial charge in [-0.15, -0.1) is 0 Å². The molecule has 0 N–H and O–H groups in total. The van der Waals surface area contributed by atoms with Gasteiger partial charge in [-0.2, -0.15) is 0 Å². The summed E-state index contributed by atoms with van der Waals surface area (Å²) in [5.41, 5.74) is 2.77. The summed E-state index contributed by atoms with van der Waals surface area (Å²) in [4.78, 5) is 17.9. The number of morpholine rings is 1. The summed E-state index contributed by atoms with van der Waals surface area (Å²) in [6.45, 7) is 15.9. The Morgan fingerprint density at radius 1 is 1.18 bits per heavy atom. The lowest BCUT2D eigenvalue weighted by Crippen LogP contribution is -2.59. The predicted molar refractivity (Wildman–Crippen MR) is 112 cm³/mol. The van der Waals surface area contributed by atoms with Crippen molar-refractivity contribution in [3.8, 4) is 0 Å². The van der Waals surface area contributed by atoms with Crippen molar-refractivity contribution >= 4 is 5.91 Å². The van der Waals surface area contributed by atoms with E-state index in [0.717, 1.165) is 57.9 Å². The molecule has 4 nitrogen and oxygen atoms in total.